The van der Waals surface area contributed by atoms with Gasteiger partial charge in [0.15, 0.2) is 6.61 Å². The molecule has 2 aromatic rings. The molecule has 2 aromatic carbocycles. The molecule has 0 saturated heterocycles. The van der Waals surface area contributed by atoms with E-state index in [4.69, 9.17) is 16.3 Å². The molecule has 8 nitrogen and oxygen atoms in total. The molecule has 0 aliphatic heterocycles. The second kappa shape index (κ2) is 11.7. The van der Waals surface area contributed by atoms with Crippen molar-refractivity contribution < 1.29 is 32.3 Å². The summed E-state index contributed by atoms with van der Waals surface area (Å²) in [5.41, 5.74) is 1.56. The number of ether oxygens (including phenoxy) is 1. The third-order valence-corrected chi connectivity index (χ3v) is 4.08. The summed E-state index contributed by atoms with van der Waals surface area (Å²) < 4.78 is 43.5. The Labute approximate surface area is 191 Å². The highest BCUT2D eigenvalue weighted by Gasteiger charge is 2.30. The first-order valence-electron chi connectivity index (χ1n) is 9.21. The van der Waals surface area contributed by atoms with Gasteiger partial charge in [-0.2, -0.15) is 18.3 Å². The van der Waals surface area contributed by atoms with Crippen molar-refractivity contribution in [2.24, 2.45) is 5.10 Å². The van der Waals surface area contributed by atoms with Crippen molar-refractivity contribution >= 4 is 41.2 Å². The summed E-state index contributed by atoms with van der Waals surface area (Å²) in [5, 5.41) is 8.33. The molecule has 0 unspecified atom stereocenters. The highest BCUT2D eigenvalue weighted by atomic mass is 35.5. The number of benzene rings is 2. The molecular formula is C21H18ClF3N4O4. The summed E-state index contributed by atoms with van der Waals surface area (Å²) in [7, 11) is 0. The number of hydrogen-bond donors (Lipinski definition) is 3. The lowest BCUT2D eigenvalue weighted by Gasteiger charge is -2.11. The van der Waals surface area contributed by atoms with Gasteiger partial charge in [-0.05, 0) is 42.0 Å². The number of anilines is 1. The minimum atomic E-state index is -4.53. The summed E-state index contributed by atoms with van der Waals surface area (Å²) >= 11 is 6.09. The van der Waals surface area contributed by atoms with Crippen molar-refractivity contribution in [1.29, 1.82) is 0 Å². The van der Waals surface area contributed by atoms with Crippen LogP contribution in [0.15, 0.2) is 60.2 Å². The first-order chi connectivity index (χ1) is 15.6. The fourth-order valence-electron chi connectivity index (χ4n) is 2.29. The van der Waals surface area contributed by atoms with Crippen molar-refractivity contribution in [3.63, 3.8) is 0 Å². The molecule has 3 amide bonds. The van der Waals surface area contributed by atoms with Crippen LogP contribution in [0.1, 0.15) is 11.1 Å². The van der Waals surface area contributed by atoms with Crippen LogP contribution in [0.3, 0.4) is 0 Å². The number of carbonyl (C=O) groups excluding carboxylic acids is 3. The van der Waals surface area contributed by atoms with Gasteiger partial charge in [0.25, 0.3) is 5.91 Å². The Kier molecular flexibility index (Phi) is 8.98. The Morgan fingerprint density at radius 2 is 1.88 bits per heavy atom. The van der Waals surface area contributed by atoms with Crippen LogP contribution in [0.5, 0.6) is 5.75 Å². The molecular weight excluding hydrogens is 465 g/mol. The molecule has 0 fully saturated rings. The molecule has 0 atom stereocenters. The molecule has 3 N–H and O–H groups in total. The van der Waals surface area contributed by atoms with Crippen LogP contribution in [0.4, 0.5) is 18.9 Å². The lowest BCUT2D eigenvalue weighted by Crippen LogP contribution is -2.37. The van der Waals surface area contributed by atoms with Gasteiger partial charge in [-0.1, -0.05) is 23.7 Å². The predicted molar refractivity (Wildman–Crippen MR) is 116 cm³/mol. The lowest BCUT2D eigenvalue weighted by atomic mass is 10.2. The molecule has 0 heterocycles. The highest BCUT2D eigenvalue weighted by molar-refractivity contribution is 6.35. The number of amides is 3. The first kappa shape index (κ1) is 25.4. The second-order valence-corrected chi connectivity index (χ2v) is 6.71. The Bertz CT molecular complexity index is 1070. The Hall–Kier alpha value is -3.86. The maximum Gasteiger partial charge on any atom is 0.416 e. The quantitative estimate of drug-likeness (QED) is 0.232. The van der Waals surface area contributed by atoms with Crippen LogP contribution in [0, 0.1) is 0 Å². The molecule has 33 heavy (non-hydrogen) atoms. The number of rotatable bonds is 8. The molecule has 0 bridgehead atoms. The normalized spacial score (nSPS) is 11.0. The molecule has 12 heteroatoms. The number of nitrogens with one attached hydrogen (secondary N) is 3. The smallest absolute Gasteiger partial charge is 0.416 e. The van der Waals surface area contributed by atoms with E-state index in [0.29, 0.717) is 5.56 Å². The van der Waals surface area contributed by atoms with E-state index in [-0.39, 0.29) is 23.0 Å². The molecule has 0 spiro atoms. The molecule has 0 radical (unpaired) electrons. The van der Waals surface area contributed by atoms with Crippen molar-refractivity contribution in [3.8, 4) is 5.75 Å². The summed E-state index contributed by atoms with van der Waals surface area (Å²) in [6.07, 6.45) is -1.89. The van der Waals surface area contributed by atoms with Gasteiger partial charge in [-0.15, -0.1) is 6.58 Å². The summed E-state index contributed by atoms with van der Waals surface area (Å²) in [6, 6.07) is 8.55. The summed E-state index contributed by atoms with van der Waals surface area (Å²) in [6.45, 7) is 3.03. The first-order valence-corrected chi connectivity index (χ1v) is 9.59. The predicted octanol–water partition coefficient (Wildman–Crippen LogP) is 3.13. The molecule has 2 rings (SSSR count). The molecule has 174 valence electrons. The highest BCUT2D eigenvalue weighted by Crippen LogP contribution is 2.30. The van der Waals surface area contributed by atoms with Crippen molar-refractivity contribution in [2.45, 2.75) is 6.18 Å². The monoisotopic (exact) mass is 482 g/mol. The molecule has 0 aliphatic carbocycles. The Morgan fingerprint density at radius 3 is 2.55 bits per heavy atom. The van der Waals surface area contributed by atoms with Crippen molar-refractivity contribution in [3.05, 3.63) is 71.3 Å². The zero-order chi connectivity index (χ0) is 24.4. The van der Waals surface area contributed by atoms with Crippen LogP contribution >= 0.6 is 11.6 Å². The number of carbonyl (C=O) groups is 3. The van der Waals surface area contributed by atoms with E-state index in [1.165, 1.54) is 42.6 Å². The zero-order valence-corrected chi connectivity index (χ0v) is 17.7. The minimum absolute atomic E-state index is 0.0312. The van der Waals surface area contributed by atoms with Gasteiger partial charge in [-0.25, -0.2) is 5.43 Å². The maximum atomic E-state index is 12.7. The van der Waals surface area contributed by atoms with Gasteiger partial charge in [0.2, 0.25) is 0 Å². The summed E-state index contributed by atoms with van der Waals surface area (Å²) in [5.74, 6) is -2.39. The van der Waals surface area contributed by atoms with E-state index in [9.17, 15) is 27.6 Å². The maximum absolute atomic E-state index is 12.7. The largest absolute Gasteiger partial charge is 0.482 e. The average molecular weight is 483 g/mol. The van der Waals surface area contributed by atoms with Gasteiger partial charge >= 0.3 is 18.0 Å². The van der Waals surface area contributed by atoms with Crippen LogP contribution in [-0.2, 0) is 20.6 Å². The minimum Gasteiger partial charge on any atom is -0.482 e. The fourth-order valence-corrected chi connectivity index (χ4v) is 2.53. The number of halogens is 4. The SMILES string of the molecule is C=CCNC(=O)C(=O)N/N=C\c1ccc(OCC(=O)Nc2cccc(C(F)(F)F)c2)c(Cl)c1. The van der Waals surface area contributed by atoms with E-state index in [1.54, 1.807) is 0 Å². The van der Waals surface area contributed by atoms with E-state index >= 15 is 0 Å². The summed E-state index contributed by atoms with van der Waals surface area (Å²) in [4.78, 5) is 34.9. The number of nitrogens with zero attached hydrogens (tertiary/aromatic N) is 1. The van der Waals surface area contributed by atoms with E-state index in [1.807, 2.05) is 5.43 Å². The third kappa shape index (κ3) is 8.30. The average Bonchev–Trinajstić information content (AvgIpc) is 2.76. The van der Waals surface area contributed by atoms with Gasteiger partial charge in [0.05, 0.1) is 16.8 Å². The van der Waals surface area contributed by atoms with Gasteiger partial charge in [0, 0.05) is 12.2 Å². The lowest BCUT2D eigenvalue weighted by molar-refractivity contribution is -0.139. The zero-order valence-electron chi connectivity index (χ0n) is 16.9. The van der Waals surface area contributed by atoms with Crippen molar-refractivity contribution in [1.82, 2.24) is 10.7 Å². The van der Waals surface area contributed by atoms with Gasteiger partial charge < -0.3 is 15.4 Å². The van der Waals surface area contributed by atoms with E-state index in [2.05, 4.69) is 22.3 Å². The van der Waals surface area contributed by atoms with Crippen LogP contribution in [0.25, 0.3) is 0 Å². The Balaban J connectivity index is 1.89. The number of alkyl halides is 3. The fraction of sp³-hybridized carbons (Fsp3) is 0.143. The topological polar surface area (TPSA) is 109 Å². The Morgan fingerprint density at radius 1 is 1.12 bits per heavy atom. The van der Waals surface area contributed by atoms with E-state index < -0.39 is 36.1 Å². The molecule has 0 aliphatic rings. The van der Waals surface area contributed by atoms with Crippen LogP contribution < -0.4 is 20.8 Å². The molecule has 0 saturated carbocycles. The van der Waals surface area contributed by atoms with Gasteiger partial charge in [0.1, 0.15) is 5.75 Å². The van der Waals surface area contributed by atoms with Gasteiger partial charge in [-0.3, -0.25) is 14.4 Å². The second-order valence-electron chi connectivity index (χ2n) is 6.30. The van der Waals surface area contributed by atoms with E-state index in [0.717, 1.165) is 12.1 Å². The third-order valence-electron chi connectivity index (χ3n) is 3.78. The van der Waals surface area contributed by atoms with Crippen LogP contribution in [-0.4, -0.2) is 37.1 Å². The number of hydrogen-bond acceptors (Lipinski definition) is 5. The van der Waals surface area contributed by atoms with Crippen LogP contribution in [0.2, 0.25) is 5.02 Å². The molecule has 0 aromatic heterocycles. The van der Waals surface area contributed by atoms with Crippen molar-refractivity contribution in [2.75, 3.05) is 18.5 Å². The standard InChI is InChI=1S/C21H18ClF3N4O4/c1-2-8-26-19(31)20(32)29-27-11-13-6-7-17(16(22)9-13)33-12-18(30)28-15-5-3-4-14(10-15)21(23,24)25/h2-7,9-11H,1,8,12H2,(H,26,31)(H,28,30)(H,29,32)/b27-11-. The number of hydrazone groups is 1.